The van der Waals surface area contributed by atoms with Crippen LogP contribution in [-0.2, 0) is 9.53 Å². The SMILES string of the molecule is CCNC(=O)C1(Nc2ccccc2)CCN(C(=O)OC(C)(C)C)CC1. The van der Waals surface area contributed by atoms with Crippen LogP contribution in [0, 0.1) is 0 Å². The maximum absolute atomic E-state index is 12.7. The minimum atomic E-state index is -0.712. The summed E-state index contributed by atoms with van der Waals surface area (Å²) in [5, 5.41) is 6.32. The van der Waals surface area contributed by atoms with Gasteiger partial charge in [-0.25, -0.2) is 4.79 Å². The molecule has 2 amide bonds. The molecule has 25 heavy (non-hydrogen) atoms. The molecule has 0 radical (unpaired) electrons. The van der Waals surface area contributed by atoms with Crippen molar-refractivity contribution in [1.29, 1.82) is 0 Å². The molecule has 1 aliphatic heterocycles. The number of benzene rings is 1. The number of rotatable bonds is 4. The summed E-state index contributed by atoms with van der Waals surface area (Å²) in [6, 6.07) is 9.70. The molecule has 0 spiro atoms. The maximum atomic E-state index is 12.7. The Kier molecular flexibility index (Phi) is 5.93. The molecule has 0 aromatic heterocycles. The van der Waals surface area contributed by atoms with Crippen molar-refractivity contribution in [1.82, 2.24) is 10.2 Å². The molecule has 6 nitrogen and oxygen atoms in total. The van der Waals surface area contributed by atoms with Crippen LogP contribution in [0.3, 0.4) is 0 Å². The van der Waals surface area contributed by atoms with Crippen molar-refractivity contribution in [3.05, 3.63) is 30.3 Å². The van der Waals surface area contributed by atoms with Gasteiger partial charge in [0.15, 0.2) is 0 Å². The Labute approximate surface area is 149 Å². The fourth-order valence-corrected chi connectivity index (χ4v) is 2.93. The molecule has 1 aliphatic rings. The minimum absolute atomic E-state index is 0.0253. The Morgan fingerprint density at radius 1 is 1.16 bits per heavy atom. The molecule has 1 aromatic carbocycles. The van der Waals surface area contributed by atoms with Gasteiger partial charge in [0.1, 0.15) is 11.1 Å². The number of amides is 2. The minimum Gasteiger partial charge on any atom is -0.444 e. The van der Waals surface area contributed by atoms with Gasteiger partial charge in [-0.3, -0.25) is 4.79 Å². The summed E-state index contributed by atoms with van der Waals surface area (Å²) in [5.41, 5.74) is -0.330. The Hall–Kier alpha value is -2.24. The third kappa shape index (κ3) is 5.11. The third-order valence-corrected chi connectivity index (χ3v) is 4.20. The lowest BCUT2D eigenvalue weighted by atomic mass is 9.86. The molecular weight excluding hydrogens is 318 g/mol. The summed E-state index contributed by atoms with van der Waals surface area (Å²) in [4.78, 5) is 26.7. The highest BCUT2D eigenvalue weighted by molar-refractivity contribution is 5.90. The van der Waals surface area contributed by atoms with Gasteiger partial charge in [0.05, 0.1) is 0 Å². The van der Waals surface area contributed by atoms with Gasteiger partial charge in [0.25, 0.3) is 0 Å². The highest BCUT2D eigenvalue weighted by atomic mass is 16.6. The Balaban J connectivity index is 2.09. The van der Waals surface area contributed by atoms with E-state index >= 15 is 0 Å². The largest absolute Gasteiger partial charge is 0.444 e. The van der Waals surface area contributed by atoms with E-state index in [1.165, 1.54) is 0 Å². The third-order valence-electron chi connectivity index (χ3n) is 4.20. The van der Waals surface area contributed by atoms with Gasteiger partial charge in [0, 0.05) is 25.3 Å². The predicted molar refractivity (Wildman–Crippen MR) is 98.5 cm³/mol. The lowest BCUT2D eigenvalue weighted by Crippen LogP contribution is -2.59. The number of carbonyl (C=O) groups is 2. The van der Waals surface area contributed by atoms with Gasteiger partial charge in [-0.05, 0) is 52.7 Å². The zero-order valence-electron chi connectivity index (χ0n) is 15.6. The molecule has 0 unspecified atom stereocenters. The highest BCUT2D eigenvalue weighted by Gasteiger charge is 2.42. The topological polar surface area (TPSA) is 70.7 Å². The average molecular weight is 347 g/mol. The van der Waals surface area contributed by atoms with E-state index in [0.29, 0.717) is 32.5 Å². The van der Waals surface area contributed by atoms with E-state index in [1.54, 1.807) is 4.90 Å². The molecule has 2 rings (SSSR count). The first-order valence-electron chi connectivity index (χ1n) is 8.85. The van der Waals surface area contributed by atoms with Gasteiger partial charge in [0.2, 0.25) is 5.91 Å². The van der Waals surface area contributed by atoms with Crippen LogP contribution in [0.4, 0.5) is 10.5 Å². The average Bonchev–Trinajstić information content (AvgIpc) is 2.55. The zero-order chi connectivity index (χ0) is 18.5. The number of nitrogens with one attached hydrogen (secondary N) is 2. The van der Waals surface area contributed by atoms with Gasteiger partial charge in [-0.1, -0.05) is 18.2 Å². The van der Waals surface area contributed by atoms with Crippen LogP contribution in [0.25, 0.3) is 0 Å². The van der Waals surface area contributed by atoms with Crippen LogP contribution in [-0.4, -0.2) is 47.7 Å². The number of likely N-dealkylation sites (tertiary alicyclic amines) is 1. The number of carbonyl (C=O) groups excluding carboxylic acids is 2. The Morgan fingerprint density at radius 3 is 2.28 bits per heavy atom. The number of piperidine rings is 1. The molecule has 6 heteroatoms. The van der Waals surface area contributed by atoms with Crippen molar-refractivity contribution in [2.24, 2.45) is 0 Å². The van der Waals surface area contributed by atoms with Crippen molar-refractivity contribution in [3.8, 4) is 0 Å². The molecule has 0 saturated carbocycles. The molecule has 1 heterocycles. The molecule has 1 fully saturated rings. The van der Waals surface area contributed by atoms with Gasteiger partial charge < -0.3 is 20.3 Å². The molecule has 1 saturated heterocycles. The maximum Gasteiger partial charge on any atom is 0.410 e. The quantitative estimate of drug-likeness (QED) is 0.878. The van der Waals surface area contributed by atoms with Crippen LogP contribution < -0.4 is 10.6 Å². The Bertz CT molecular complexity index is 588. The highest BCUT2D eigenvalue weighted by Crippen LogP contribution is 2.28. The van der Waals surface area contributed by atoms with Gasteiger partial charge >= 0.3 is 6.09 Å². The summed E-state index contributed by atoms with van der Waals surface area (Å²) in [6.45, 7) is 8.99. The summed E-state index contributed by atoms with van der Waals surface area (Å²) in [7, 11) is 0. The van der Waals surface area contributed by atoms with E-state index in [2.05, 4.69) is 10.6 Å². The first-order valence-corrected chi connectivity index (χ1v) is 8.85. The standard InChI is InChI=1S/C19H29N3O3/c1-5-20-16(23)19(21-15-9-7-6-8-10-15)11-13-22(14-12-19)17(24)25-18(2,3)4/h6-10,21H,5,11-14H2,1-4H3,(H,20,23). The number of likely N-dealkylation sites (N-methyl/N-ethyl adjacent to an activating group) is 1. The first-order chi connectivity index (χ1) is 11.8. The van der Waals surface area contributed by atoms with Crippen molar-refractivity contribution in [3.63, 3.8) is 0 Å². The van der Waals surface area contributed by atoms with Gasteiger partial charge in [-0.2, -0.15) is 0 Å². The molecule has 138 valence electrons. The van der Waals surface area contributed by atoms with E-state index in [1.807, 2.05) is 58.0 Å². The molecule has 2 N–H and O–H groups in total. The van der Waals surface area contributed by atoms with Crippen LogP contribution in [0.5, 0.6) is 0 Å². The van der Waals surface area contributed by atoms with E-state index < -0.39 is 11.1 Å². The predicted octanol–water partition coefficient (Wildman–Crippen LogP) is 3.00. The Morgan fingerprint density at radius 2 is 1.76 bits per heavy atom. The fraction of sp³-hybridized carbons (Fsp3) is 0.579. The fourth-order valence-electron chi connectivity index (χ4n) is 2.93. The van der Waals surface area contributed by atoms with E-state index in [4.69, 9.17) is 4.74 Å². The molecule has 0 aliphatic carbocycles. The van der Waals surface area contributed by atoms with Crippen LogP contribution in [0.2, 0.25) is 0 Å². The second-order valence-electron chi connectivity index (χ2n) is 7.40. The van der Waals surface area contributed by atoms with Gasteiger partial charge in [-0.15, -0.1) is 0 Å². The second kappa shape index (κ2) is 7.76. The summed E-state index contributed by atoms with van der Waals surface area (Å²) < 4.78 is 5.44. The number of anilines is 1. The van der Waals surface area contributed by atoms with Crippen molar-refractivity contribution < 1.29 is 14.3 Å². The first kappa shape index (κ1) is 19.1. The lowest BCUT2D eigenvalue weighted by molar-refractivity contribution is -0.127. The number of nitrogens with zero attached hydrogens (tertiary/aromatic N) is 1. The van der Waals surface area contributed by atoms with Crippen molar-refractivity contribution in [2.75, 3.05) is 25.0 Å². The molecule has 0 bridgehead atoms. The van der Waals surface area contributed by atoms with E-state index in [9.17, 15) is 9.59 Å². The molecular formula is C19H29N3O3. The summed E-state index contributed by atoms with van der Waals surface area (Å²) in [5.74, 6) is -0.0253. The number of hydrogen-bond acceptors (Lipinski definition) is 4. The van der Waals surface area contributed by atoms with E-state index in [0.717, 1.165) is 5.69 Å². The number of hydrogen-bond donors (Lipinski definition) is 2. The number of ether oxygens (including phenoxy) is 1. The van der Waals surface area contributed by atoms with Crippen molar-refractivity contribution in [2.45, 2.75) is 51.7 Å². The monoisotopic (exact) mass is 347 g/mol. The van der Waals surface area contributed by atoms with Crippen LogP contribution >= 0.6 is 0 Å². The zero-order valence-corrected chi connectivity index (χ0v) is 15.6. The summed E-state index contributed by atoms with van der Waals surface area (Å²) >= 11 is 0. The normalized spacial score (nSPS) is 16.9. The smallest absolute Gasteiger partial charge is 0.410 e. The van der Waals surface area contributed by atoms with Crippen molar-refractivity contribution >= 4 is 17.7 Å². The van der Waals surface area contributed by atoms with Crippen LogP contribution in [0.15, 0.2) is 30.3 Å². The number of para-hydroxylation sites is 1. The van der Waals surface area contributed by atoms with E-state index in [-0.39, 0.29) is 12.0 Å². The van der Waals surface area contributed by atoms with Crippen LogP contribution in [0.1, 0.15) is 40.5 Å². The lowest BCUT2D eigenvalue weighted by Gasteiger charge is -2.41. The summed E-state index contributed by atoms with van der Waals surface area (Å²) in [6.07, 6.45) is 0.747. The second-order valence-corrected chi connectivity index (χ2v) is 7.40. The molecule has 0 atom stereocenters. The molecule has 1 aromatic rings.